The smallest absolute Gasteiger partial charge is 0.213 e. The van der Waals surface area contributed by atoms with E-state index in [1.165, 1.54) is 22.6 Å². The van der Waals surface area contributed by atoms with Gasteiger partial charge in [0.25, 0.3) is 0 Å². The second kappa shape index (κ2) is 7.39. The lowest BCUT2D eigenvalue weighted by molar-refractivity contribution is 0.398. The molecule has 3 rings (SSSR count). The number of aliphatic imine (C=N–C) groups is 1. The van der Waals surface area contributed by atoms with Gasteiger partial charge in [-0.2, -0.15) is 0 Å². The normalized spacial score (nSPS) is 11.9. The Morgan fingerprint density at radius 3 is 2.30 bits per heavy atom. The van der Waals surface area contributed by atoms with Gasteiger partial charge >= 0.3 is 0 Å². The number of ether oxygens (including phenoxy) is 1. The van der Waals surface area contributed by atoms with E-state index in [0.29, 0.717) is 5.88 Å². The molecule has 0 spiro atoms. The first kappa shape index (κ1) is 18.9. The lowest BCUT2D eigenvalue weighted by Crippen LogP contribution is -2.11. The van der Waals surface area contributed by atoms with Crippen LogP contribution in [0.25, 0.3) is 5.69 Å². The molecular formula is C23H27N3O. The van der Waals surface area contributed by atoms with Crippen molar-refractivity contribution in [3.8, 4) is 11.6 Å². The minimum Gasteiger partial charge on any atom is -0.481 e. The standard InChI is InChI=1S/C23H27N3O/c1-16-13-18(14-24-20-9-12-22(27-6)25-15-20)17(2)26(16)21-10-7-19(8-11-21)23(3,4)5/h7-15H,1-6H3. The first-order valence-electron chi connectivity index (χ1n) is 9.13. The highest BCUT2D eigenvalue weighted by Gasteiger charge is 2.14. The lowest BCUT2D eigenvalue weighted by Gasteiger charge is -2.20. The Bertz CT molecular complexity index is 943. The van der Waals surface area contributed by atoms with E-state index >= 15 is 0 Å². The molecule has 2 aromatic heterocycles. The van der Waals surface area contributed by atoms with Crippen molar-refractivity contribution in [1.29, 1.82) is 0 Å². The van der Waals surface area contributed by atoms with Gasteiger partial charge in [0, 0.05) is 34.9 Å². The van der Waals surface area contributed by atoms with Gasteiger partial charge < -0.3 is 9.30 Å². The first-order valence-corrected chi connectivity index (χ1v) is 9.13. The highest BCUT2D eigenvalue weighted by Crippen LogP contribution is 2.25. The number of aromatic nitrogens is 2. The summed E-state index contributed by atoms with van der Waals surface area (Å²) in [5, 5.41) is 0. The number of benzene rings is 1. The molecule has 0 bridgehead atoms. The molecule has 0 saturated heterocycles. The van der Waals surface area contributed by atoms with E-state index in [1.54, 1.807) is 13.3 Å². The first-order chi connectivity index (χ1) is 12.8. The summed E-state index contributed by atoms with van der Waals surface area (Å²) in [6, 6.07) is 14.7. The van der Waals surface area contributed by atoms with Gasteiger partial charge in [0.15, 0.2) is 0 Å². The maximum absolute atomic E-state index is 5.08. The molecule has 0 unspecified atom stereocenters. The van der Waals surface area contributed by atoms with Gasteiger partial charge in [-0.3, -0.25) is 4.99 Å². The number of hydrogen-bond donors (Lipinski definition) is 0. The van der Waals surface area contributed by atoms with Crippen molar-refractivity contribution in [2.45, 2.75) is 40.0 Å². The van der Waals surface area contributed by atoms with Gasteiger partial charge in [-0.15, -0.1) is 0 Å². The molecule has 27 heavy (non-hydrogen) atoms. The lowest BCUT2D eigenvalue weighted by atomic mass is 9.87. The summed E-state index contributed by atoms with van der Waals surface area (Å²) in [4.78, 5) is 8.74. The van der Waals surface area contributed by atoms with E-state index < -0.39 is 0 Å². The Kier molecular flexibility index (Phi) is 5.17. The number of aryl methyl sites for hydroxylation is 1. The molecule has 3 aromatic rings. The van der Waals surface area contributed by atoms with Crippen molar-refractivity contribution in [1.82, 2.24) is 9.55 Å². The Hall–Kier alpha value is -2.88. The summed E-state index contributed by atoms with van der Waals surface area (Å²) in [6.45, 7) is 10.9. The van der Waals surface area contributed by atoms with Crippen LogP contribution in [0.2, 0.25) is 0 Å². The average molecular weight is 361 g/mol. The van der Waals surface area contributed by atoms with Gasteiger partial charge in [-0.25, -0.2) is 4.98 Å². The van der Waals surface area contributed by atoms with E-state index in [9.17, 15) is 0 Å². The number of pyridine rings is 1. The Balaban J connectivity index is 1.89. The fraction of sp³-hybridized carbons (Fsp3) is 0.304. The molecule has 0 N–H and O–H groups in total. The van der Waals surface area contributed by atoms with Crippen molar-refractivity contribution in [3.05, 3.63) is 71.2 Å². The van der Waals surface area contributed by atoms with E-state index in [1.807, 2.05) is 18.3 Å². The minimum absolute atomic E-state index is 0.156. The number of nitrogens with zero attached hydrogens (tertiary/aromatic N) is 3. The molecule has 0 amide bonds. The Morgan fingerprint density at radius 1 is 1.04 bits per heavy atom. The largest absolute Gasteiger partial charge is 0.481 e. The highest BCUT2D eigenvalue weighted by atomic mass is 16.5. The second-order valence-corrected chi connectivity index (χ2v) is 7.78. The van der Waals surface area contributed by atoms with Gasteiger partial charge in [0.2, 0.25) is 5.88 Å². The summed E-state index contributed by atoms with van der Waals surface area (Å²) < 4.78 is 7.35. The third-order valence-electron chi connectivity index (χ3n) is 4.74. The molecule has 0 aliphatic carbocycles. The predicted molar refractivity (Wildman–Crippen MR) is 112 cm³/mol. The molecule has 4 heteroatoms. The van der Waals surface area contributed by atoms with Crippen LogP contribution in [0, 0.1) is 13.8 Å². The fourth-order valence-corrected chi connectivity index (χ4v) is 3.14. The maximum atomic E-state index is 5.08. The Morgan fingerprint density at radius 2 is 1.74 bits per heavy atom. The summed E-state index contributed by atoms with van der Waals surface area (Å²) >= 11 is 0. The summed E-state index contributed by atoms with van der Waals surface area (Å²) in [5.41, 5.74) is 6.92. The van der Waals surface area contributed by atoms with Crippen molar-refractivity contribution >= 4 is 11.9 Å². The highest BCUT2D eigenvalue weighted by molar-refractivity contribution is 5.84. The van der Waals surface area contributed by atoms with Crippen molar-refractivity contribution in [3.63, 3.8) is 0 Å². The molecule has 1 aromatic carbocycles. The molecule has 0 saturated carbocycles. The van der Waals surface area contributed by atoms with Crippen LogP contribution < -0.4 is 4.74 Å². The number of hydrogen-bond acceptors (Lipinski definition) is 3. The van der Waals surface area contributed by atoms with E-state index in [2.05, 4.69) is 79.5 Å². The van der Waals surface area contributed by atoms with Crippen LogP contribution in [0.3, 0.4) is 0 Å². The zero-order valence-electron chi connectivity index (χ0n) is 16.9. The van der Waals surface area contributed by atoms with Gasteiger partial charge in [-0.1, -0.05) is 32.9 Å². The average Bonchev–Trinajstić information content (AvgIpc) is 2.93. The van der Waals surface area contributed by atoms with Gasteiger partial charge in [-0.05, 0) is 49.1 Å². The SMILES string of the molecule is COc1ccc(N=Cc2cc(C)n(-c3ccc(C(C)(C)C)cc3)c2C)cn1. The van der Waals surface area contributed by atoms with E-state index in [-0.39, 0.29) is 5.41 Å². The van der Waals surface area contributed by atoms with E-state index in [4.69, 9.17) is 4.74 Å². The Labute approximate surface area is 161 Å². The second-order valence-electron chi connectivity index (χ2n) is 7.78. The van der Waals surface area contributed by atoms with Gasteiger partial charge in [0.05, 0.1) is 19.0 Å². The van der Waals surface area contributed by atoms with Crippen LogP contribution in [-0.4, -0.2) is 22.9 Å². The van der Waals surface area contributed by atoms with E-state index in [0.717, 1.165) is 11.3 Å². The van der Waals surface area contributed by atoms with Crippen molar-refractivity contribution < 1.29 is 4.74 Å². The molecule has 0 radical (unpaired) electrons. The van der Waals surface area contributed by atoms with Crippen LogP contribution in [0.1, 0.15) is 43.3 Å². The molecule has 2 heterocycles. The molecule has 0 aliphatic heterocycles. The summed E-state index contributed by atoms with van der Waals surface area (Å²) in [7, 11) is 1.61. The molecular weight excluding hydrogens is 334 g/mol. The predicted octanol–water partition coefficient (Wildman–Crippen LogP) is 5.55. The topological polar surface area (TPSA) is 39.4 Å². The molecule has 140 valence electrons. The maximum Gasteiger partial charge on any atom is 0.213 e. The summed E-state index contributed by atoms with van der Waals surface area (Å²) in [5.74, 6) is 0.589. The van der Waals surface area contributed by atoms with Crippen molar-refractivity contribution in [2.75, 3.05) is 7.11 Å². The zero-order valence-corrected chi connectivity index (χ0v) is 16.9. The third kappa shape index (κ3) is 4.11. The molecule has 0 aliphatic rings. The van der Waals surface area contributed by atoms with Crippen molar-refractivity contribution in [2.24, 2.45) is 4.99 Å². The quantitative estimate of drug-likeness (QED) is 0.572. The third-order valence-corrected chi connectivity index (χ3v) is 4.74. The fourth-order valence-electron chi connectivity index (χ4n) is 3.14. The molecule has 0 fully saturated rings. The van der Waals surface area contributed by atoms with Crippen LogP contribution >= 0.6 is 0 Å². The summed E-state index contributed by atoms with van der Waals surface area (Å²) in [6.07, 6.45) is 3.60. The van der Waals surface area contributed by atoms with Crippen LogP contribution in [0.15, 0.2) is 53.7 Å². The molecule has 4 nitrogen and oxygen atoms in total. The zero-order chi connectivity index (χ0) is 19.6. The number of methoxy groups -OCH3 is 1. The van der Waals surface area contributed by atoms with Crippen LogP contribution in [-0.2, 0) is 5.41 Å². The van der Waals surface area contributed by atoms with Crippen LogP contribution in [0.4, 0.5) is 5.69 Å². The molecule has 0 atom stereocenters. The monoisotopic (exact) mass is 361 g/mol. The van der Waals surface area contributed by atoms with Crippen LogP contribution in [0.5, 0.6) is 5.88 Å². The number of rotatable bonds is 4. The van der Waals surface area contributed by atoms with Gasteiger partial charge in [0.1, 0.15) is 0 Å². The minimum atomic E-state index is 0.156.